The highest BCUT2D eigenvalue weighted by Gasteiger charge is 2.26. The summed E-state index contributed by atoms with van der Waals surface area (Å²) >= 11 is 0. The smallest absolute Gasteiger partial charge is 0.243 e. The van der Waals surface area contributed by atoms with Gasteiger partial charge < -0.3 is 14.8 Å². The van der Waals surface area contributed by atoms with Crippen LogP contribution in [0.1, 0.15) is 0 Å². The zero-order valence-corrected chi connectivity index (χ0v) is 22.0. The summed E-state index contributed by atoms with van der Waals surface area (Å²) < 4.78 is 64.3. The molecule has 1 aliphatic heterocycles. The molecule has 10 nitrogen and oxygen atoms in total. The molecule has 4 rings (SSSR count). The monoisotopic (exact) mass is 547 g/mol. The molecule has 1 saturated heterocycles. The van der Waals surface area contributed by atoms with Crippen LogP contribution in [0, 0.1) is 0 Å². The number of ether oxygens (including phenoxy) is 2. The fourth-order valence-corrected chi connectivity index (χ4v) is 6.43. The first-order chi connectivity index (χ1) is 17.7. The van der Waals surface area contributed by atoms with E-state index in [4.69, 9.17) is 9.47 Å². The Morgan fingerprint density at radius 1 is 0.946 bits per heavy atom. The van der Waals surface area contributed by atoms with Crippen molar-refractivity contribution in [1.29, 1.82) is 0 Å². The van der Waals surface area contributed by atoms with Gasteiger partial charge in [-0.25, -0.2) is 16.8 Å². The minimum atomic E-state index is -3.84. The summed E-state index contributed by atoms with van der Waals surface area (Å²) in [4.78, 5) is 12.6. The number of carbonyl (C=O) groups excluding carboxylic acids is 1. The van der Waals surface area contributed by atoms with E-state index < -0.39 is 26.0 Å². The Morgan fingerprint density at radius 2 is 1.59 bits per heavy atom. The molecule has 1 amide bonds. The average Bonchev–Trinajstić information content (AvgIpc) is 2.91. The molecule has 1 heterocycles. The highest BCUT2D eigenvalue weighted by atomic mass is 32.2. The van der Waals surface area contributed by atoms with Crippen LogP contribution in [0.3, 0.4) is 0 Å². The molecule has 0 spiro atoms. The lowest BCUT2D eigenvalue weighted by molar-refractivity contribution is -0.121. The number of fused-ring (bicyclic) bond motifs is 1. The number of hydrogen-bond donors (Lipinski definition) is 1. The zero-order chi connectivity index (χ0) is 26.5. The molecule has 198 valence electrons. The van der Waals surface area contributed by atoms with E-state index in [1.165, 1.54) is 29.6 Å². The molecule has 0 radical (unpaired) electrons. The van der Waals surface area contributed by atoms with Gasteiger partial charge in [0.05, 0.1) is 36.1 Å². The zero-order valence-electron chi connectivity index (χ0n) is 20.4. The molecule has 0 aliphatic carbocycles. The van der Waals surface area contributed by atoms with Gasteiger partial charge in [0.1, 0.15) is 12.4 Å². The molecule has 1 N–H and O–H groups in total. The van der Waals surface area contributed by atoms with Crippen molar-refractivity contribution in [2.45, 2.75) is 9.79 Å². The lowest BCUT2D eigenvalue weighted by atomic mass is 10.1. The molecule has 0 atom stereocenters. The van der Waals surface area contributed by atoms with Crippen molar-refractivity contribution >= 4 is 36.7 Å². The first kappa shape index (κ1) is 27.0. The average molecular weight is 548 g/mol. The van der Waals surface area contributed by atoms with E-state index in [-0.39, 0.29) is 29.5 Å². The first-order valence-corrected chi connectivity index (χ1v) is 14.6. The molecule has 0 unspecified atom stereocenters. The standard InChI is InChI=1S/C25H29N3O7S2/c1-27(36(30,31)24-9-6-20-4-2-3-5-21(20)18-24)19-25(29)26-12-15-35-22-7-10-23(11-8-22)37(32,33)28-13-16-34-17-14-28/h2-11,18H,12-17,19H2,1H3,(H,26,29). The van der Waals surface area contributed by atoms with Crippen LogP contribution in [0.5, 0.6) is 5.75 Å². The van der Waals surface area contributed by atoms with Crippen LogP contribution < -0.4 is 10.1 Å². The van der Waals surface area contributed by atoms with Crippen molar-refractivity contribution in [3.05, 3.63) is 66.7 Å². The highest BCUT2D eigenvalue weighted by molar-refractivity contribution is 7.89. The lowest BCUT2D eigenvalue weighted by Crippen LogP contribution is -2.40. The summed E-state index contributed by atoms with van der Waals surface area (Å²) in [6.45, 7) is 1.31. The van der Waals surface area contributed by atoms with Crippen LogP contribution in [-0.2, 0) is 29.6 Å². The van der Waals surface area contributed by atoms with E-state index in [0.717, 1.165) is 15.1 Å². The fourth-order valence-electron chi connectivity index (χ4n) is 3.85. The maximum absolute atomic E-state index is 12.9. The van der Waals surface area contributed by atoms with E-state index >= 15 is 0 Å². The SMILES string of the molecule is CN(CC(=O)NCCOc1ccc(S(=O)(=O)N2CCOCC2)cc1)S(=O)(=O)c1ccc2ccccc2c1. The molecular weight excluding hydrogens is 518 g/mol. The third-order valence-electron chi connectivity index (χ3n) is 5.92. The van der Waals surface area contributed by atoms with Gasteiger partial charge in [-0.15, -0.1) is 0 Å². The topological polar surface area (TPSA) is 122 Å². The second-order valence-corrected chi connectivity index (χ2v) is 12.4. The van der Waals surface area contributed by atoms with Gasteiger partial charge in [0.2, 0.25) is 26.0 Å². The molecule has 3 aromatic rings. The third kappa shape index (κ3) is 6.46. The van der Waals surface area contributed by atoms with Crippen molar-refractivity contribution in [2.75, 3.05) is 53.0 Å². The third-order valence-corrected chi connectivity index (χ3v) is 9.63. The number of benzene rings is 3. The Labute approximate surface area is 216 Å². The number of nitrogens with one attached hydrogen (secondary N) is 1. The van der Waals surface area contributed by atoms with Crippen molar-refractivity contribution in [2.24, 2.45) is 0 Å². The Hall–Kier alpha value is -3.03. The largest absolute Gasteiger partial charge is 0.492 e. The van der Waals surface area contributed by atoms with E-state index in [2.05, 4.69) is 5.32 Å². The van der Waals surface area contributed by atoms with Gasteiger partial charge >= 0.3 is 0 Å². The minimum absolute atomic E-state index is 0.115. The normalized spacial score (nSPS) is 15.1. The maximum atomic E-state index is 12.9. The second-order valence-electron chi connectivity index (χ2n) is 8.46. The number of rotatable bonds is 10. The molecule has 3 aromatic carbocycles. The van der Waals surface area contributed by atoms with Crippen LogP contribution in [0.4, 0.5) is 0 Å². The van der Waals surface area contributed by atoms with Gasteiger partial charge in [0.25, 0.3) is 0 Å². The molecule has 37 heavy (non-hydrogen) atoms. The number of morpholine rings is 1. The number of nitrogens with zero attached hydrogens (tertiary/aromatic N) is 2. The Balaban J connectivity index is 1.24. The number of amides is 1. The summed E-state index contributed by atoms with van der Waals surface area (Å²) in [5.74, 6) is -0.0198. The molecule has 12 heteroatoms. The van der Waals surface area contributed by atoms with Crippen molar-refractivity contribution in [3.8, 4) is 5.75 Å². The summed E-state index contributed by atoms with van der Waals surface area (Å²) in [5.41, 5.74) is 0. The summed E-state index contributed by atoms with van der Waals surface area (Å²) in [6, 6.07) is 18.3. The summed E-state index contributed by atoms with van der Waals surface area (Å²) in [6.07, 6.45) is 0. The number of hydrogen-bond acceptors (Lipinski definition) is 7. The van der Waals surface area contributed by atoms with Crippen LogP contribution >= 0.6 is 0 Å². The number of sulfonamides is 2. The Bertz CT molecular complexity index is 1450. The molecule has 0 saturated carbocycles. The van der Waals surface area contributed by atoms with E-state index in [0.29, 0.717) is 32.1 Å². The maximum Gasteiger partial charge on any atom is 0.243 e. The van der Waals surface area contributed by atoms with Crippen LogP contribution in [-0.4, -0.2) is 84.4 Å². The van der Waals surface area contributed by atoms with Crippen molar-refractivity contribution in [1.82, 2.24) is 13.9 Å². The predicted molar refractivity (Wildman–Crippen MR) is 138 cm³/mol. The fraction of sp³-hybridized carbons (Fsp3) is 0.320. The minimum Gasteiger partial charge on any atom is -0.492 e. The first-order valence-electron chi connectivity index (χ1n) is 11.7. The summed E-state index contributed by atoms with van der Waals surface area (Å²) in [7, 11) is -6.07. The van der Waals surface area contributed by atoms with Gasteiger partial charge in [0.15, 0.2) is 0 Å². The van der Waals surface area contributed by atoms with Gasteiger partial charge in [-0.1, -0.05) is 30.3 Å². The molecule has 0 bridgehead atoms. The number of carbonyl (C=O) groups is 1. The quantitative estimate of drug-likeness (QED) is 0.383. The Morgan fingerprint density at radius 3 is 2.30 bits per heavy atom. The van der Waals surface area contributed by atoms with Crippen LogP contribution in [0.15, 0.2) is 76.5 Å². The van der Waals surface area contributed by atoms with E-state index in [9.17, 15) is 21.6 Å². The van der Waals surface area contributed by atoms with E-state index in [1.54, 1.807) is 24.3 Å². The van der Waals surface area contributed by atoms with Gasteiger partial charge in [-0.2, -0.15) is 8.61 Å². The van der Waals surface area contributed by atoms with Crippen molar-refractivity contribution < 1.29 is 31.1 Å². The predicted octanol–water partition coefficient (Wildman–Crippen LogP) is 1.68. The highest BCUT2D eigenvalue weighted by Crippen LogP contribution is 2.22. The van der Waals surface area contributed by atoms with Crippen LogP contribution in [0.25, 0.3) is 10.8 Å². The van der Waals surface area contributed by atoms with Gasteiger partial charge in [-0.05, 0) is 47.2 Å². The van der Waals surface area contributed by atoms with E-state index in [1.807, 2.05) is 24.3 Å². The van der Waals surface area contributed by atoms with Crippen molar-refractivity contribution in [3.63, 3.8) is 0 Å². The lowest BCUT2D eigenvalue weighted by Gasteiger charge is -2.26. The number of likely N-dealkylation sites (N-methyl/N-ethyl adjacent to an activating group) is 1. The van der Waals surface area contributed by atoms with Crippen LogP contribution in [0.2, 0.25) is 0 Å². The molecular formula is C25H29N3O7S2. The molecule has 0 aromatic heterocycles. The molecule has 1 fully saturated rings. The van der Waals surface area contributed by atoms with Gasteiger partial charge in [-0.3, -0.25) is 4.79 Å². The molecule has 1 aliphatic rings. The Kier molecular flexibility index (Phi) is 8.45. The van der Waals surface area contributed by atoms with Gasteiger partial charge in [0, 0.05) is 20.1 Å². The second kappa shape index (κ2) is 11.6. The summed E-state index contributed by atoms with van der Waals surface area (Å²) in [5, 5.41) is 4.35.